The number of nitrogens with zero attached hydrogens (tertiary/aromatic N) is 5. The van der Waals surface area contributed by atoms with Gasteiger partial charge in [-0.2, -0.15) is 0 Å². The Kier molecular flexibility index (Phi) is 9.71. The van der Waals surface area contributed by atoms with E-state index in [1.807, 2.05) is 6.20 Å². The molecule has 3 heterocycles. The van der Waals surface area contributed by atoms with E-state index in [4.69, 9.17) is 4.98 Å². The molecule has 0 N–H and O–H groups in total. The SMILES string of the molecule is CC(C)(C)c1ccnc(-n2c3ccc(C(C)(C)C)cc3c3ccc(N(c4ccccc4)c4cc(-c5ccccc5)cc(N5CN(Cc6ccccc6)c6ccccc65)c4)cc32)c1. The number of aromatic nitrogens is 2. The maximum Gasteiger partial charge on any atom is 0.137 e. The largest absolute Gasteiger partial charge is 0.347 e. The quantitative estimate of drug-likeness (QED) is 0.153. The van der Waals surface area contributed by atoms with Crippen molar-refractivity contribution < 1.29 is 0 Å². The predicted octanol–water partition coefficient (Wildman–Crippen LogP) is 15.0. The average Bonchev–Trinajstić information content (AvgIpc) is 3.82. The van der Waals surface area contributed by atoms with Crippen LogP contribution >= 0.6 is 0 Å². The van der Waals surface area contributed by atoms with Crippen LogP contribution < -0.4 is 14.7 Å². The van der Waals surface area contributed by atoms with Gasteiger partial charge in [0.1, 0.15) is 5.82 Å². The van der Waals surface area contributed by atoms with Crippen molar-refractivity contribution in [2.75, 3.05) is 21.4 Å². The van der Waals surface area contributed by atoms with Gasteiger partial charge in [-0.25, -0.2) is 4.98 Å². The molecule has 0 bridgehead atoms. The number of para-hydroxylation sites is 3. The maximum atomic E-state index is 5.05. The van der Waals surface area contributed by atoms with Crippen LogP contribution in [0.4, 0.5) is 34.1 Å². The van der Waals surface area contributed by atoms with E-state index in [9.17, 15) is 0 Å². The Bertz CT molecular complexity index is 3050. The lowest BCUT2D eigenvalue weighted by Crippen LogP contribution is -2.27. The minimum Gasteiger partial charge on any atom is -0.347 e. The van der Waals surface area contributed by atoms with E-state index in [1.54, 1.807) is 0 Å². The van der Waals surface area contributed by atoms with Crippen LogP contribution in [0, 0.1) is 0 Å². The third kappa shape index (κ3) is 7.28. The fourth-order valence-corrected chi connectivity index (χ4v) is 9.01. The van der Waals surface area contributed by atoms with Crippen LogP contribution in [0.2, 0.25) is 0 Å². The number of benzene rings is 7. The van der Waals surface area contributed by atoms with Crippen LogP contribution in [0.25, 0.3) is 38.8 Å². The van der Waals surface area contributed by atoms with Gasteiger partial charge in [-0.15, -0.1) is 0 Å². The molecule has 1 aliphatic rings. The number of pyridine rings is 1. The van der Waals surface area contributed by atoms with E-state index < -0.39 is 0 Å². The van der Waals surface area contributed by atoms with Crippen molar-refractivity contribution in [2.45, 2.75) is 58.9 Å². The Balaban J connectivity index is 1.18. The second kappa shape index (κ2) is 15.4. The zero-order chi connectivity index (χ0) is 42.6. The Morgan fingerprint density at radius 2 is 1.16 bits per heavy atom. The minimum absolute atomic E-state index is 0.00692. The number of anilines is 6. The summed E-state index contributed by atoms with van der Waals surface area (Å²) in [7, 11) is 0. The van der Waals surface area contributed by atoms with Crippen LogP contribution in [0.3, 0.4) is 0 Å². The van der Waals surface area contributed by atoms with Crippen LogP contribution in [0.1, 0.15) is 58.2 Å². The first-order valence-electron chi connectivity index (χ1n) is 21.8. The Labute approximate surface area is 366 Å². The van der Waals surface area contributed by atoms with Crippen LogP contribution in [-0.4, -0.2) is 16.2 Å². The lowest BCUT2D eigenvalue weighted by atomic mass is 9.86. The van der Waals surface area contributed by atoms with E-state index in [1.165, 1.54) is 44.4 Å². The summed E-state index contributed by atoms with van der Waals surface area (Å²) in [6.45, 7) is 15.2. The summed E-state index contributed by atoms with van der Waals surface area (Å²) in [5.74, 6) is 0.922. The fourth-order valence-electron chi connectivity index (χ4n) is 9.01. The van der Waals surface area contributed by atoms with Crippen molar-refractivity contribution in [1.82, 2.24) is 9.55 Å². The van der Waals surface area contributed by atoms with Gasteiger partial charge in [-0.1, -0.05) is 145 Å². The summed E-state index contributed by atoms with van der Waals surface area (Å²) < 4.78 is 2.37. The lowest BCUT2D eigenvalue weighted by Gasteiger charge is -2.29. The molecule has 0 spiro atoms. The summed E-state index contributed by atoms with van der Waals surface area (Å²) in [4.78, 5) is 12.4. The standard InChI is InChI=1S/C57H53N5/c1-56(2,3)43-26-29-51-50(34-43)49-28-27-46(37-54(49)62(51)55-35-44(30-31-58-55)57(4,5)6)61(45-22-14-9-15-23-45)48-33-42(41-20-12-8-13-21-41)32-47(36-48)60-39-59(38-40-18-10-7-11-19-40)52-24-16-17-25-53(52)60/h7-37H,38-39H2,1-6H3. The van der Waals surface area contributed by atoms with Crippen molar-refractivity contribution in [1.29, 1.82) is 0 Å². The van der Waals surface area contributed by atoms with Crippen LogP contribution in [0.15, 0.2) is 188 Å². The predicted molar refractivity (Wildman–Crippen MR) is 262 cm³/mol. The molecular formula is C57H53N5. The molecule has 0 aliphatic carbocycles. The van der Waals surface area contributed by atoms with Gasteiger partial charge in [0.15, 0.2) is 0 Å². The Morgan fingerprint density at radius 3 is 1.89 bits per heavy atom. The second-order valence-corrected chi connectivity index (χ2v) is 18.7. The Morgan fingerprint density at radius 1 is 0.500 bits per heavy atom. The number of rotatable bonds is 8. The third-order valence-corrected chi connectivity index (χ3v) is 12.4. The highest BCUT2D eigenvalue weighted by Gasteiger charge is 2.29. The molecule has 0 fully saturated rings. The number of hydrogen-bond donors (Lipinski definition) is 0. The molecule has 0 saturated heterocycles. The lowest BCUT2D eigenvalue weighted by molar-refractivity contribution is 0.588. The smallest absolute Gasteiger partial charge is 0.137 e. The van der Waals surface area contributed by atoms with Gasteiger partial charge < -0.3 is 14.7 Å². The van der Waals surface area contributed by atoms with Gasteiger partial charge in [-0.3, -0.25) is 4.57 Å². The van der Waals surface area contributed by atoms with Crippen molar-refractivity contribution in [3.05, 3.63) is 205 Å². The van der Waals surface area contributed by atoms with Gasteiger partial charge in [0, 0.05) is 46.3 Å². The summed E-state index contributed by atoms with van der Waals surface area (Å²) in [6.07, 6.45) is 1.96. The summed E-state index contributed by atoms with van der Waals surface area (Å²) in [5, 5.41) is 2.44. The van der Waals surface area contributed by atoms with Crippen molar-refractivity contribution in [2.24, 2.45) is 0 Å². The monoisotopic (exact) mass is 807 g/mol. The highest BCUT2D eigenvalue weighted by atomic mass is 15.4. The molecule has 0 amide bonds. The first kappa shape index (κ1) is 39.1. The molecule has 5 heteroatoms. The van der Waals surface area contributed by atoms with Gasteiger partial charge >= 0.3 is 0 Å². The zero-order valence-corrected chi connectivity index (χ0v) is 36.5. The molecule has 10 rings (SSSR count). The molecule has 1 aliphatic heterocycles. The number of fused-ring (bicyclic) bond motifs is 4. The third-order valence-electron chi connectivity index (χ3n) is 12.4. The first-order valence-corrected chi connectivity index (χ1v) is 21.8. The number of hydrogen-bond acceptors (Lipinski definition) is 4. The topological polar surface area (TPSA) is 27.5 Å². The van der Waals surface area contributed by atoms with E-state index in [0.717, 1.165) is 58.4 Å². The zero-order valence-electron chi connectivity index (χ0n) is 36.5. The van der Waals surface area contributed by atoms with E-state index in [-0.39, 0.29) is 10.8 Å². The summed E-state index contributed by atoms with van der Waals surface area (Å²) in [5.41, 5.74) is 15.2. The molecule has 9 aromatic rings. The van der Waals surface area contributed by atoms with E-state index >= 15 is 0 Å². The van der Waals surface area contributed by atoms with Gasteiger partial charge in [0.2, 0.25) is 0 Å². The molecule has 62 heavy (non-hydrogen) atoms. The second-order valence-electron chi connectivity index (χ2n) is 18.7. The highest BCUT2D eigenvalue weighted by Crippen LogP contribution is 2.46. The average molecular weight is 808 g/mol. The molecular weight excluding hydrogens is 755 g/mol. The van der Waals surface area contributed by atoms with Crippen molar-refractivity contribution in [3.8, 4) is 16.9 Å². The van der Waals surface area contributed by atoms with E-state index in [0.29, 0.717) is 0 Å². The summed E-state index contributed by atoms with van der Waals surface area (Å²) in [6, 6.07) is 66.6. The van der Waals surface area contributed by atoms with Gasteiger partial charge in [0.25, 0.3) is 0 Å². The van der Waals surface area contributed by atoms with Gasteiger partial charge in [0.05, 0.1) is 29.1 Å². The Hall–Kier alpha value is -7.11. The van der Waals surface area contributed by atoms with Crippen molar-refractivity contribution in [3.63, 3.8) is 0 Å². The molecule has 2 aromatic heterocycles. The summed E-state index contributed by atoms with van der Waals surface area (Å²) >= 11 is 0. The normalized spacial score (nSPS) is 12.9. The highest BCUT2D eigenvalue weighted by molar-refractivity contribution is 6.10. The fraction of sp³-hybridized carbons (Fsp3) is 0.175. The molecule has 0 atom stereocenters. The molecule has 5 nitrogen and oxygen atoms in total. The van der Waals surface area contributed by atoms with Gasteiger partial charge in [-0.05, 0) is 118 Å². The molecule has 0 saturated carbocycles. The van der Waals surface area contributed by atoms with Crippen molar-refractivity contribution >= 4 is 55.9 Å². The molecule has 0 radical (unpaired) electrons. The molecule has 7 aromatic carbocycles. The maximum absolute atomic E-state index is 5.05. The van der Waals surface area contributed by atoms with E-state index in [2.05, 4.69) is 243 Å². The van der Waals surface area contributed by atoms with Crippen LogP contribution in [-0.2, 0) is 17.4 Å². The molecule has 0 unspecified atom stereocenters. The minimum atomic E-state index is -0.0268. The van der Waals surface area contributed by atoms with Crippen LogP contribution in [0.5, 0.6) is 0 Å². The first-order chi connectivity index (χ1) is 30.0. The molecule has 306 valence electrons.